The zero-order valence-corrected chi connectivity index (χ0v) is 18.4. The molecule has 8 heteroatoms. The van der Waals surface area contributed by atoms with Crippen LogP contribution in [-0.2, 0) is 0 Å². The molecule has 0 bridgehead atoms. The Morgan fingerprint density at radius 3 is 2.33 bits per heavy atom. The number of hydrogen-bond acceptors (Lipinski definition) is 4. The van der Waals surface area contributed by atoms with Gasteiger partial charge in [-0.3, -0.25) is 0 Å². The Balaban J connectivity index is 1.68. The SMILES string of the molecule is Cc1nn2c(N3CC[NH+](CCO)CC3)cc(-c3ccccc3)nc2c1-c1cc(F)cc(F)c1. The number of fused-ring (bicyclic) bond motifs is 1. The second kappa shape index (κ2) is 8.88. The molecule has 0 spiro atoms. The summed E-state index contributed by atoms with van der Waals surface area (Å²) in [5.41, 5.74) is 4.00. The first-order valence-corrected chi connectivity index (χ1v) is 11.1. The Morgan fingerprint density at radius 1 is 0.970 bits per heavy atom. The van der Waals surface area contributed by atoms with Crippen LogP contribution in [0.25, 0.3) is 28.0 Å². The zero-order valence-electron chi connectivity index (χ0n) is 18.4. The fraction of sp³-hybridized carbons (Fsp3) is 0.280. The van der Waals surface area contributed by atoms with Crippen molar-refractivity contribution >= 4 is 11.5 Å². The summed E-state index contributed by atoms with van der Waals surface area (Å²) in [4.78, 5) is 8.53. The van der Waals surface area contributed by atoms with Crippen molar-refractivity contribution in [3.8, 4) is 22.4 Å². The van der Waals surface area contributed by atoms with Gasteiger partial charge in [0.25, 0.3) is 0 Å². The molecule has 1 aliphatic rings. The lowest BCUT2D eigenvalue weighted by Crippen LogP contribution is -3.15. The zero-order chi connectivity index (χ0) is 22.9. The minimum absolute atomic E-state index is 0.179. The van der Waals surface area contributed by atoms with E-state index < -0.39 is 11.6 Å². The Labute approximate surface area is 190 Å². The van der Waals surface area contributed by atoms with Gasteiger partial charge in [0, 0.05) is 23.3 Å². The third-order valence-corrected chi connectivity index (χ3v) is 6.23. The van der Waals surface area contributed by atoms with E-state index in [9.17, 15) is 13.9 Å². The van der Waals surface area contributed by atoms with Crippen LogP contribution in [-0.4, -0.2) is 59.0 Å². The first kappa shape index (κ1) is 21.5. The number of nitrogens with one attached hydrogen (secondary N) is 1. The number of nitrogens with zero attached hydrogens (tertiary/aromatic N) is 4. The average Bonchev–Trinajstić information content (AvgIpc) is 3.15. The van der Waals surface area contributed by atoms with Crippen molar-refractivity contribution < 1.29 is 18.8 Å². The molecular formula is C25H26F2N5O+. The monoisotopic (exact) mass is 450 g/mol. The molecule has 5 rings (SSSR count). The van der Waals surface area contributed by atoms with Gasteiger partial charge in [0.05, 0.1) is 44.2 Å². The summed E-state index contributed by atoms with van der Waals surface area (Å²) in [6.07, 6.45) is 0. The first-order valence-electron chi connectivity index (χ1n) is 11.1. The lowest BCUT2D eigenvalue weighted by Gasteiger charge is -2.33. The average molecular weight is 451 g/mol. The fourth-order valence-corrected chi connectivity index (χ4v) is 4.59. The standard InChI is InChI=1S/C25H25F2N5O/c1-17-24(19-13-20(26)15-21(27)14-19)25-28-22(18-5-3-2-4-6-18)16-23(32(25)29-17)31-9-7-30(8-10-31)11-12-33/h2-6,13-16,33H,7-12H2,1H3/p+1. The number of anilines is 1. The van der Waals surface area contributed by atoms with Crippen molar-refractivity contribution in [2.45, 2.75) is 6.92 Å². The van der Waals surface area contributed by atoms with E-state index in [-0.39, 0.29) is 6.61 Å². The molecule has 4 aromatic rings. The molecule has 0 unspecified atom stereocenters. The number of quaternary nitrogens is 1. The van der Waals surface area contributed by atoms with Crippen LogP contribution in [0.4, 0.5) is 14.6 Å². The smallest absolute Gasteiger partial charge is 0.166 e. The molecule has 0 saturated carbocycles. The van der Waals surface area contributed by atoms with Gasteiger partial charge in [-0.1, -0.05) is 30.3 Å². The van der Waals surface area contributed by atoms with Crippen LogP contribution in [0.5, 0.6) is 0 Å². The van der Waals surface area contributed by atoms with Crippen molar-refractivity contribution in [1.29, 1.82) is 0 Å². The van der Waals surface area contributed by atoms with Crippen molar-refractivity contribution in [3.63, 3.8) is 0 Å². The molecule has 0 radical (unpaired) electrons. The number of aliphatic hydroxyl groups excluding tert-OH is 1. The lowest BCUT2D eigenvalue weighted by molar-refractivity contribution is -0.900. The van der Waals surface area contributed by atoms with Crippen LogP contribution in [0.1, 0.15) is 5.69 Å². The van der Waals surface area contributed by atoms with Gasteiger partial charge >= 0.3 is 0 Å². The highest BCUT2D eigenvalue weighted by atomic mass is 19.1. The van der Waals surface area contributed by atoms with Crippen molar-refractivity contribution in [3.05, 3.63) is 71.9 Å². The highest BCUT2D eigenvalue weighted by Gasteiger charge is 2.25. The topological polar surface area (TPSA) is 58.1 Å². The van der Waals surface area contributed by atoms with E-state index in [4.69, 9.17) is 10.1 Å². The van der Waals surface area contributed by atoms with Crippen molar-refractivity contribution in [2.24, 2.45) is 0 Å². The summed E-state index contributed by atoms with van der Waals surface area (Å²) in [6, 6.07) is 15.4. The van der Waals surface area contributed by atoms with Gasteiger partial charge in [-0.05, 0) is 24.6 Å². The largest absolute Gasteiger partial charge is 0.391 e. The van der Waals surface area contributed by atoms with Crippen LogP contribution in [0, 0.1) is 18.6 Å². The van der Waals surface area contributed by atoms with Crippen LogP contribution in [0.2, 0.25) is 0 Å². The molecular weight excluding hydrogens is 424 g/mol. The van der Waals surface area contributed by atoms with E-state index in [2.05, 4.69) is 4.90 Å². The molecule has 2 N–H and O–H groups in total. The number of hydrogen-bond donors (Lipinski definition) is 2. The molecule has 6 nitrogen and oxygen atoms in total. The second-order valence-corrected chi connectivity index (χ2v) is 8.43. The first-order chi connectivity index (χ1) is 16.0. The molecule has 2 aromatic heterocycles. The highest BCUT2D eigenvalue weighted by Crippen LogP contribution is 2.33. The Bertz CT molecular complexity index is 1260. The molecule has 1 aliphatic heterocycles. The van der Waals surface area contributed by atoms with Gasteiger partial charge < -0.3 is 14.9 Å². The maximum atomic E-state index is 14.0. The van der Waals surface area contributed by atoms with Gasteiger partial charge in [0.1, 0.15) is 24.0 Å². The number of benzene rings is 2. The number of aliphatic hydroxyl groups is 1. The predicted octanol–water partition coefficient (Wildman–Crippen LogP) is 2.35. The van der Waals surface area contributed by atoms with Crippen LogP contribution in [0.15, 0.2) is 54.6 Å². The highest BCUT2D eigenvalue weighted by molar-refractivity contribution is 5.83. The molecule has 2 aromatic carbocycles. The van der Waals surface area contributed by atoms with Gasteiger partial charge in [0.15, 0.2) is 5.65 Å². The van der Waals surface area contributed by atoms with E-state index in [1.807, 2.05) is 43.3 Å². The Hall–Kier alpha value is -3.36. The Kier molecular flexibility index (Phi) is 5.78. The number of halogens is 2. The van der Waals surface area contributed by atoms with E-state index in [0.717, 1.165) is 55.9 Å². The van der Waals surface area contributed by atoms with Crippen LogP contribution < -0.4 is 9.80 Å². The normalized spacial score (nSPS) is 14.8. The molecule has 33 heavy (non-hydrogen) atoms. The Morgan fingerprint density at radius 2 is 1.67 bits per heavy atom. The second-order valence-electron chi connectivity index (χ2n) is 8.43. The minimum Gasteiger partial charge on any atom is -0.391 e. The van der Waals surface area contributed by atoms with Crippen molar-refractivity contribution in [2.75, 3.05) is 44.2 Å². The predicted molar refractivity (Wildman–Crippen MR) is 123 cm³/mol. The third-order valence-electron chi connectivity index (χ3n) is 6.23. The summed E-state index contributed by atoms with van der Waals surface area (Å²) in [6.45, 7) is 6.20. The maximum absolute atomic E-state index is 14.0. The van der Waals surface area contributed by atoms with Crippen LogP contribution >= 0.6 is 0 Å². The number of aromatic nitrogens is 3. The fourth-order valence-electron chi connectivity index (χ4n) is 4.59. The summed E-state index contributed by atoms with van der Waals surface area (Å²) in [5.74, 6) is -0.370. The molecule has 0 aliphatic carbocycles. The summed E-state index contributed by atoms with van der Waals surface area (Å²) in [7, 11) is 0. The van der Waals surface area contributed by atoms with Crippen LogP contribution in [0.3, 0.4) is 0 Å². The minimum atomic E-state index is -0.633. The lowest BCUT2D eigenvalue weighted by atomic mass is 10.1. The van der Waals surface area contributed by atoms with Gasteiger partial charge in [-0.25, -0.2) is 13.8 Å². The van der Waals surface area contributed by atoms with E-state index in [1.54, 1.807) is 4.52 Å². The molecule has 0 amide bonds. The van der Waals surface area contributed by atoms with E-state index >= 15 is 0 Å². The molecule has 170 valence electrons. The van der Waals surface area contributed by atoms with Gasteiger partial charge in [-0.2, -0.15) is 9.61 Å². The molecule has 0 atom stereocenters. The number of rotatable bonds is 5. The van der Waals surface area contributed by atoms with E-state index in [1.165, 1.54) is 17.0 Å². The maximum Gasteiger partial charge on any atom is 0.166 e. The third kappa shape index (κ3) is 4.19. The molecule has 1 saturated heterocycles. The summed E-state index contributed by atoms with van der Waals surface area (Å²) >= 11 is 0. The molecule has 1 fully saturated rings. The quantitative estimate of drug-likeness (QED) is 0.490. The van der Waals surface area contributed by atoms with Crippen molar-refractivity contribution in [1.82, 2.24) is 14.6 Å². The van der Waals surface area contributed by atoms with Gasteiger partial charge in [0.2, 0.25) is 0 Å². The number of piperazine rings is 1. The van der Waals surface area contributed by atoms with E-state index in [0.29, 0.717) is 22.5 Å². The number of aryl methyl sites for hydroxylation is 1. The molecule has 3 heterocycles. The van der Waals surface area contributed by atoms with Gasteiger partial charge in [-0.15, -0.1) is 0 Å². The summed E-state index contributed by atoms with van der Waals surface area (Å²) < 4.78 is 29.9. The summed E-state index contributed by atoms with van der Waals surface area (Å²) in [5, 5.41) is 14.0.